The first-order chi connectivity index (χ1) is 8.08. The van der Waals surface area contributed by atoms with Gasteiger partial charge in [0.05, 0.1) is 12.8 Å². The normalized spacial score (nSPS) is 9.76. The van der Waals surface area contributed by atoms with E-state index in [1.807, 2.05) is 0 Å². The number of nitrogen functional groups attached to an aromatic ring is 1. The summed E-state index contributed by atoms with van der Waals surface area (Å²) in [7, 11) is 3.05. The topological polar surface area (TPSA) is 81.4 Å². The molecular weight excluding hydrogens is 220 g/mol. The lowest BCUT2D eigenvalue weighted by molar-refractivity contribution is -0.120. The number of methoxy groups -OCH3 is 1. The van der Waals surface area contributed by atoms with Crippen LogP contribution in [0.4, 0.5) is 5.69 Å². The first-order valence-electron chi connectivity index (χ1n) is 5.25. The highest BCUT2D eigenvalue weighted by atomic mass is 16.5. The van der Waals surface area contributed by atoms with E-state index in [0.29, 0.717) is 17.0 Å². The number of hydrogen-bond donors (Lipinski definition) is 2. The van der Waals surface area contributed by atoms with Crippen molar-refractivity contribution in [2.24, 2.45) is 0 Å². The Hall–Kier alpha value is -2.04. The summed E-state index contributed by atoms with van der Waals surface area (Å²) >= 11 is 0. The predicted octanol–water partition coefficient (Wildman–Crippen LogP) is 0.986. The van der Waals surface area contributed by atoms with Crippen LogP contribution in [0.3, 0.4) is 0 Å². The molecule has 0 atom stereocenters. The van der Waals surface area contributed by atoms with Crippen LogP contribution in [0.1, 0.15) is 23.2 Å². The van der Waals surface area contributed by atoms with E-state index in [1.54, 1.807) is 18.2 Å². The molecule has 1 amide bonds. The van der Waals surface area contributed by atoms with Crippen LogP contribution in [0.25, 0.3) is 0 Å². The fraction of sp³-hybridized carbons (Fsp3) is 0.333. The van der Waals surface area contributed by atoms with Crippen LogP contribution in [0, 0.1) is 0 Å². The van der Waals surface area contributed by atoms with Gasteiger partial charge in [-0.25, -0.2) is 0 Å². The first kappa shape index (κ1) is 13.0. The summed E-state index contributed by atoms with van der Waals surface area (Å²) in [5.41, 5.74) is 6.60. The Morgan fingerprint density at radius 1 is 1.35 bits per heavy atom. The van der Waals surface area contributed by atoms with Crippen LogP contribution in [0.5, 0.6) is 5.75 Å². The van der Waals surface area contributed by atoms with Crippen LogP contribution in [-0.4, -0.2) is 25.8 Å². The number of nitrogens with two attached hydrogens (primary N) is 1. The summed E-state index contributed by atoms with van der Waals surface area (Å²) in [4.78, 5) is 22.7. The van der Waals surface area contributed by atoms with Gasteiger partial charge in [0.25, 0.3) is 0 Å². The van der Waals surface area contributed by atoms with Crippen LogP contribution < -0.4 is 15.8 Å². The van der Waals surface area contributed by atoms with Gasteiger partial charge in [-0.15, -0.1) is 0 Å². The van der Waals surface area contributed by atoms with Gasteiger partial charge in [0.1, 0.15) is 5.75 Å². The van der Waals surface area contributed by atoms with E-state index in [0.717, 1.165) is 0 Å². The molecule has 1 rings (SSSR count). The molecule has 17 heavy (non-hydrogen) atoms. The van der Waals surface area contributed by atoms with E-state index in [2.05, 4.69) is 5.32 Å². The number of carbonyl (C=O) groups excluding carboxylic acids is 2. The van der Waals surface area contributed by atoms with Crippen molar-refractivity contribution in [3.63, 3.8) is 0 Å². The summed E-state index contributed by atoms with van der Waals surface area (Å²) in [5.74, 6) is 0.274. The minimum absolute atomic E-state index is 0.108. The lowest BCUT2D eigenvalue weighted by atomic mass is 10.1. The molecule has 0 aliphatic rings. The Morgan fingerprint density at radius 2 is 2.06 bits per heavy atom. The minimum Gasteiger partial charge on any atom is -0.495 e. The molecule has 0 radical (unpaired) electrons. The number of ether oxygens (including phenoxy) is 1. The standard InChI is InChI=1S/C12H16N2O3/c1-14-12(16)6-4-10(15)8-3-5-11(17-2)9(13)7-8/h3,5,7H,4,6,13H2,1-2H3,(H,14,16). The monoisotopic (exact) mass is 236 g/mol. The van der Waals surface area contributed by atoms with Crippen molar-refractivity contribution in [2.75, 3.05) is 19.9 Å². The third kappa shape index (κ3) is 3.48. The lowest BCUT2D eigenvalue weighted by Crippen LogP contribution is -2.18. The van der Waals surface area contributed by atoms with Gasteiger partial charge in [0.15, 0.2) is 5.78 Å². The molecule has 0 unspecified atom stereocenters. The first-order valence-corrected chi connectivity index (χ1v) is 5.25. The quantitative estimate of drug-likeness (QED) is 0.590. The molecular formula is C12H16N2O3. The summed E-state index contributed by atoms with van der Waals surface area (Å²) in [6.07, 6.45) is 0.354. The molecule has 1 aromatic carbocycles. The zero-order chi connectivity index (χ0) is 12.8. The number of ketones is 1. The zero-order valence-corrected chi connectivity index (χ0v) is 9.95. The van der Waals surface area contributed by atoms with Gasteiger partial charge in [-0.2, -0.15) is 0 Å². The largest absolute Gasteiger partial charge is 0.495 e. The third-order valence-electron chi connectivity index (χ3n) is 2.41. The van der Waals surface area contributed by atoms with Gasteiger partial charge in [0, 0.05) is 25.5 Å². The van der Waals surface area contributed by atoms with Crippen molar-refractivity contribution in [2.45, 2.75) is 12.8 Å². The van der Waals surface area contributed by atoms with Gasteiger partial charge < -0.3 is 15.8 Å². The van der Waals surface area contributed by atoms with Crippen molar-refractivity contribution in [1.82, 2.24) is 5.32 Å². The Labute approximate surface area is 99.9 Å². The highest BCUT2D eigenvalue weighted by Gasteiger charge is 2.10. The molecule has 5 nitrogen and oxygen atoms in total. The number of nitrogens with one attached hydrogen (secondary N) is 1. The highest BCUT2D eigenvalue weighted by molar-refractivity contribution is 5.98. The maximum absolute atomic E-state index is 11.7. The second kappa shape index (κ2) is 5.89. The van der Waals surface area contributed by atoms with Crippen LogP contribution in [-0.2, 0) is 4.79 Å². The molecule has 0 fully saturated rings. The molecule has 1 aromatic rings. The highest BCUT2D eigenvalue weighted by Crippen LogP contribution is 2.22. The Bertz CT molecular complexity index is 430. The van der Waals surface area contributed by atoms with E-state index in [9.17, 15) is 9.59 Å². The molecule has 0 saturated carbocycles. The number of Topliss-reactive ketones (excluding diaryl/α,β-unsaturated/α-hetero) is 1. The second-order valence-electron chi connectivity index (χ2n) is 3.55. The molecule has 0 aromatic heterocycles. The summed E-state index contributed by atoms with van der Waals surface area (Å²) in [6.45, 7) is 0. The van der Waals surface area contributed by atoms with Crippen LogP contribution >= 0.6 is 0 Å². The number of amides is 1. The Kier molecular flexibility index (Phi) is 4.51. The minimum atomic E-state index is -0.153. The number of benzene rings is 1. The summed E-state index contributed by atoms with van der Waals surface area (Å²) in [6, 6.07) is 4.84. The van der Waals surface area contributed by atoms with Gasteiger partial charge in [-0.3, -0.25) is 9.59 Å². The fourth-order valence-corrected chi connectivity index (χ4v) is 1.40. The van der Waals surface area contributed by atoms with Gasteiger partial charge in [-0.05, 0) is 18.2 Å². The van der Waals surface area contributed by atoms with Crippen LogP contribution in [0.2, 0.25) is 0 Å². The smallest absolute Gasteiger partial charge is 0.220 e. The molecule has 92 valence electrons. The van der Waals surface area contributed by atoms with Crippen LogP contribution in [0.15, 0.2) is 18.2 Å². The third-order valence-corrected chi connectivity index (χ3v) is 2.41. The molecule has 0 heterocycles. The fourth-order valence-electron chi connectivity index (χ4n) is 1.40. The van der Waals surface area contributed by atoms with E-state index < -0.39 is 0 Å². The van der Waals surface area contributed by atoms with Crippen molar-refractivity contribution in [3.8, 4) is 5.75 Å². The van der Waals surface area contributed by atoms with E-state index in [1.165, 1.54) is 14.2 Å². The van der Waals surface area contributed by atoms with Gasteiger partial charge in [0.2, 0.25) is 5.91 Å². The van der Waals surface area contributed by atoms with E-state index in [-0.39, 0.29) is 24.5 Å². The molecule has 5 heteroatoms. The van der Waals surface area contributed by atoms with Crippen molar-refractivity contribution in [3.05, 3.63) is 23.8 Å². The van der Waals surface area contributed by atoms with Crippen molar-refractivity contribution in [1.29, 1.82) is 0 Å². The lowest BCUT2D eigenvalue weighted by Gasteiger charge is -2.06. The molecule has 0 aliphatic carbocycles. The Morgan fingerprint density at radius 3 is 2.59 bits per heavy atom. The zero-order valence-electron chi connectivity index (χ0n) is 9.95. The maximum Gasteiger partial charge on any atom is 0.220 e. The average Bonchev–Trinajstić information content (AvgIpc) is 2.35. The summed E-state index contributed by atoms with van der Waals surface area (Å²) < 4.78 is 4.99. The number of anilines is 1. The number of hydrogen-bond acceptors (Lipinski definition) is 4. The molecule has 3 N–H and O–H groups in total. The number of rotatable bonds is 5. The van der Waals surface area contributed by atoms with E-state index >= 15 is 0 Å². The van der Waals surface area contributed by atoms with E-state index in [4.69, 9.17) is 10.5 Å². The molecule has 0 saturated heterocycles. The molecule has 0 spiro atoms. The Balaban J connectivity index is 2.69. The van der Waals surface area contributed by atoms with Gasteiger partial charge in [-0.1, -0.05) is 0 Å². The average molecular weight is 236 g/mol. The van der Waals surface area contributed by atoms with Crippen molar-refractivity contribution >= 4 is 17.4 Å². The molecule has 0 aliphatic heterocycles. The second-order valence-corrected chi connectivity index (χ2v) is 3.55. The van der Waals surface area contributed by atoms with Crippen molar-refractivity contribution < 1.29 is 14.3 Å². The van der Waals surface area contributed by atoms with Gasteiger partial charge >= 0.3 is 0 Å². The SMILES string of the molecule is CNC(=O)CCC(=O)c1ccc(OC)c(N)c1. The number of carbonyl (C=O) groups is 2. The maximum atomic E-state index is 11.7. The predicted molar refractivity (Wildman–Crippen MR) is 65.0 cm³/mol. The summed E-state index contributed by atoms with van der Waals surface area (Å²) in [5, 5.41) is 2.47. The molecule has 0 bridgehead atoms.